The zero-order valence-electron chi connectivity index (χ0n) is 5.92. The third-order valence-electron chi connectivity index (χ3n) is 0.642. The Bertz CT molecular complexity index is 114. The molecular formula is C6H11NO3. The molecular weight excluding hydrogens is 134 g/mol. The Balaban J connectivity index is 3.13. The molecule has 0 spiro atoms. The van der Waals surface area contributed by atoms with Crippen molar-refractivity contribution in [3.8, 4) is 0 Å². The maximum Gasteiger partial charge on any atom is 0.438 e. The van der Waals surface area contributed by atoms with Crippen molar-refractivity contribution in [2.45, 2.75) is 6.92 Å². The van der Waals surface area contributed by atoms with Crippen LogP contribution in [0, 0.1) is 0 Å². The lowest BCUT2D eigenvalue weighted by atomic mass is 10.7. The average molecular weight is 145 g/mol. The fourth-order valence-corrected chi connectivity index (χ4v) is 0.309. The minimum Gasteiger partial charge on any atom is -0.319 e. The Morgan fingerprint density at radius 1 is 1.80 bits per heavy atom. The van der Waals surface area contributed by atoms with Gasteiger partial charge in [-0.2, -0.15) is 4.89 Å². The summed E-state index contributed by atoms with van der Waals surface area (Å²) in [5, 5.41) is 2.38. The lowest BCUT2D eigenvalue weighted by molar-refractivity contribution is -0.228. The van der Waals surface area contributed by atoms with Gasteiger partial charge in [0.15, 0.2) is 0 Å². The summed E-state index contributed by atoms with van der Waals surface area (Å²) < 4.78 is 0. The first kappa shape index (κ1) is 8.97. The van der Waals surface area contributed by atoms with E-state index in [1.807, 2.05) is 0 Å². The lowest BCUT2D eigenvalue weighted by Gasteiger charge is -2.00. The highest BCUT2D eigenvalue weighted by Crippen LogP contribution is 1.79. The molecule has 1 N–H and O–H groups in total. The molecule has 0 atom stereocenters. The number of nitrogens with one attached hydrogen (secondary N) is 1. The van der Waals surface area contributed by atoms with E-state index in [9.17, 15) is 4.79 Å². The first-order chi connectivity index (χ1) is 4.81. The average Bonchev–Trinajstić information content (AvgIpc) is 1.89. The third-order valence-corrected chi connectivity index (χ3v) is 0.642. The Morgan fingerprint density at radius 2 is 2.50 bits per heavy atom. The minimum absolute atomic E-state index is 0.205. The molecule has 4 nitrogen and oxygen atoms in total. The van der Waals surface area contributed by atoms with E-state index in [0.717, 1.165) is 0 Å². The van der Waals surface area contributed by atoms with E-state index in [2.05, 4.69) is 21.7 Å². The van der Waals surface area contributed by atoms with Gasteiger partial charge in [0.2, 0.25) is 0 Å². The highest BCUT2D eigenvalue weighted by Gasteiger charge is 1.97. The highest BCUT2D eigenvalue weighted by molar-refractivity contribution is 5.66. The Hall–Kier alpha value is -1.03. The van der Waals surface area contributed by atoms with Crippen LogP contribution in [0.1, 0.15) is 6.92 Å². The van der Waals surface area contributed by atoms with E-state index in [-0.39, 0.29) is 6.61 Å². The van der Waals surface area contributed by atoms with Crippen LogP contribution in [-0.4, -0.2) is 19.2 Å². The molecule has 0 aromatic rings. The number of rotatable bonds is 4. The maximum atomic E-state index is 10.4. The molecule has 0 heterocycles. The van der Waals surface area contributed by atoms with E-state index in [4.69, 9.17) is 0 Å². The van der Waals surface area contributed by atoms with Crippen LogP contribution in [0.5, 0.6) is 0 Å². The van der Waals surface area contributed by atoms with Crippen LogP contribution in [0.4, 0.5) is 4.79 Å². The second-order valence-electron chi connectivity index (χ2n) is 1.47. The summed E-state index contributed by atoms with van der Waals surface area (Å²) in [6, 6.07) is 0. The molecule has 0 aliphatic heterocycles. The highest BCUT2D eigenvalue weighted by atomic mass is 17.2. The van der Waals surface area contributed by atoms with E-state index in [0.29, 0.717) is 6.54 Å². The van der Waals surface area contributed by atoms with E-state index in [1.54, 1.807) is 6.92 Å². The van der Waals surface area contributed by atoms with E-state index < -0.39 is 6.09 Å². The normalized spacial score (nSPS) is 8.50. The molecule has 0 aromatic carbocycles. The summed E-state index contributed by atoms with van der Waals surface area (Å²) in [6.45, 7) is 5.88. The Kier molecular flexibility index (Phi) is 5.47. The molecule has 0 bridgehead atoms. The van der Waals surface area contributed by atoms with Gasteiger partial charge < -0.3 is 5.32 Å². The van der Waals surface area contributed by atoms with Gasteiger partial charge in [-0.15, -0.1) is 6.58 Å². The van der Waals surface area contributed by atoms with Crippen LogP contribution in [0.15, 0.2) is 12.7 Å². The summed E-state index contributed by atoms with van der Waals surface area (Å²) in [6.07, 6.45) is 0.906. The molecule has 0 fully saturated rings. The van der Waals surface area contributed by atoms with Crippen molar-refractivity contribution in [1.29, 1.82) is 0 Å². The molecule has 0 saturated carbocycles. The van der Waals surface area contributed by atoms with Gasteiger partial charge >= 0.3 is 6.09 Å². The van der Waals surface area contributed by atoms with Crippen molar-refractivity contribution in [2.24, 2.45) is 0 Å². The van der Waals surface area contributed by atoms with E-state index in [1.165, 1.54) is 6.08 Å². The number of carbonyl (C=O) groups is 1. The predicted molar refractivity (Wildman–Crippen MR) is 36.3 cm³/mol. The van der Waals surface area contributed by atoms with Crippen LogP contribution < -0.4 is 5.32 Å². The number of amides is 1. The van der Waals surface area contributed by atoms with Crippen LogP contribution in [-0.2, 0) is 9.78 Å². The molecule has 0 radical (unpaired) electrons. The third kappa shape index (κ3) is 5.11. The van der Waals surface area contributed by atoms with Crippen LogP contribution in [0.25, 0.3) is 0 Å². The van der Waals surface area contributed by atoms with Gasteiger partial charge in [-0.25, -0.2) is 4.79 Å². The zero-order chi connectivity index (χ0) is 7.82. The molecule has 4 heteroatoms. The van der Waals surface area contributed by atoms with Gasteiger partial charge in [0, 0.05) is 6.54 Å². The van der Waals surface area contributed by atoms with Gasteiger partial charge in [-0.05, 0) is 6.92 Å². The minimum atomic E-state index is -0.579. The van der Waals surface area contributed by atoms with Crippen LogP contribution >= 0.6 is 0 Å². The molecule has 0 rings (SSSR count). The van der Waals surface area contributed by atoms with E-state index >= 15 is 0 Å². The summed E-state index contributed by atoms with van der Waals surface area (Å²) >= 11 is 0. The second-order valence-corrected chi connectivity index (χ2v) is 1.47. The van der Waals surface area contributed by atoms with Crippen molar-refractivity contribution in [1.82, 2.24) is 5.32 Å². The van der Waals surface area contributed by atoms with Gasteiger partial charge in [0.1, 0.15) is 6.61 Å². The summed E-state index contributed by atoms with van der Waals surface area (Å²) in [7, 11) is 0. The smallest absolute Gasteiger partial charge is 0.319 e. The topological polar surface area (TPSA) is 47.6 Å². The fraction of sp³-hybridized carbons (Fsp3) is 0.500. The summed E-state index contributed by atoms with van der Waals surface area (Å²) in [5.74, 6) is 0. The van der Waals surface area contributed by atoms with Crippen molar-refractivity contribution < 1.29 is 14.6 Å². The van der Waals surface area contributed by atoms with Crippen molar-refractivity contribution in [3.63, 3.8) is 0 Å². The predicted octanol–water partition coefficient (Wildman–Crippen LogP) is 0.850. The zero-order valence-corrected chi connectivity index (χ0v) is 5.92. The maximum absolute atomic E-state index is 10.4. The van der Waals surface area contributed by atoms with Crippen LogP contribution in [0.3, 0.4) is 0 Å². The molecule has 0 unspecified atom stereocenters. The SMILES string of the molecule is C=CCOOC(=O)NCC. The second kappa shape index (κ2) is 6.10. The molecule has 10 heavy (non-hydrogen) atoms. The van der Waals surface area contributed by atoms with Gasteiger partial charge in [0.25, 0.3) is 0 Å². The molecule has 0 aliphatic carbocycles. The van der Waals surface area contributed by atoms with Crippen LogP contribution in [0.2, 0.25) is 0 Å². The van der Waals surface area contributed by atoms with Gasteiger partial charge in [0.05, 0.1) is 0 Å². The largest absolute Gasteiger partial charge is 0.438 e. The van der Waals surface area contributed by atoms with Crippen molar-refractivity contribution in [2.75, 3.05) is 13.2 Å². The summed E-state index contributed by atoms with van der Waals surface area (Å²) in [4.78, 5) is 19.0. The number of hydrogen-bond donors (Lipinski definition) is 1. The molecule has 0 saturated heterocycles. The first-order valence-corrected chi connectivity index (χ1v) is 2.99. The first-order valence-electron chi connectivity index (χ1n) is 2.99. The monoisotopic (exact) mass is 145 g/mol. The Morgan fingerprint density at radius 3 is 3.00 bits per heavy atom. The molecule has 0 aromatic heterocycles. The number of carbonyl (C=O) groups excluding carboxylic acids is 1. The number of hydrogen-bond acceptors (Lipinski definition) is 3. The standard InChI is InChI=1S/C6H11NO3/c1-3-5-9-10-6(8)7-4-2/h3H,1,4-5H2,2H3,(H,7,8). The van der Waals surface area contributed by atoms with Crippen molar-refractivity contribution in [3.05, 3.63) is 12.7 Å². The molecule has 0 aliphatic rings. The lowest BCUT2D eigenvalue weighted by Crippen LogP contribution is -2.23. The summed E-state index contributed by atoms with van der Waals surface area (Å²) in [5.41, 5.74) is 0. The fourth-order valence-electron chi connectivity index (χ4n) is 0.309. The quantitative estimate of drug-likeness (QED) is 0.276. The molecule has 58 valence electrons. The van der Waals surface area contributed by atoms with Gasteiger partial charge in [-0.1, -0.05) is 6.08 Å². The van der Waals surface area contributed by atoms with Crippen molar-refractivity contribution >= 4 is 6.09 Å². The molecule has 1 amide bonds. The Labute approximate surface area is 59.7 Å². The van der Waals surface area contributed by atoms with Gasteiger partial charge in [-0.3, -0.25) is 4.89 Å².